The van der Waals surface area contributed by atoms with E-state index in [1.54, 1.807) is 6.07 Å². The van der Waals surface area contributed by atoms with Crippen LogP contribution in [0.5, 0.6) is 0 Å². The Kier molecular flexibility index (Phi) is 5.38. The molecule has 0 spiro atoms. The van der Waals surface area contributed by atoms with E-state index in [1.807, 2.05) is 18.2 Å². The predicted octanol–water partition coefficient (Wildman–Crippen LogP) is 2.28. The van der Waals surface area contributed by atoms with Gasteiger partial charge in [0.15, 0.2) is 0 Å². The fraction of sp³-hybridized carbons (Fsp3) is 0.250. The van der Waals surface area contributed by atoms with Crippen LogP contribution in [0.15, 0.2) is 42.5 Å². The SMILES string of the molecule is OCc1cccc(CNCC(O)c2c(F)cccc2F)c1. The first-order valence-corrected chi connectivity index (χ1v) is 6.63. The van der Waals surface area contributed by atoms with E-state index in [0.29, 0.717) is 6.54 Å². The normalized spacial score (nSPS) is 12.4. The summed E-state index contributed by atoms with van der Waals surface area (Å²) < 4.78 is 27.0. The quantitative estimate of drug-likeness (QED) is 0.766. The summed E-state index contributed by atoms with van der Waals surface area (Å²) in [5, 5.41) is 21.9. The van der Waals surface area contributed by atoms with Crippen molar-refractivity contribution in [3.63, 3.8) is 0 Å². The third-order valence-corrected chi connectivity index (χ3v) is 3.17. The van der Waals surface area contributed by atoms with Crippen molar-refractivity contribution in [1.82, 2.24) is 5.32 Å². The van der Waals surface area contributed by atoms with E-state index in [0.717, 1.165) is 23.3 Å². The van der Waals surface area contributed by atoms with Crippen LogP contribution in [-0.2, 0) is 13.2 Å². The van der Waals surface area contributed by atoms with Crippen molar-refractivity contribution < 1.29 is 19.0 Å². The van der Waals surface area contributed by atoms with E-state index in [2.05, 4.69) is 5.32 Å². The molecule has 2 rings (SSSR count). The van der Waals surface area contributed by atoms with Crippen molar-refractivity contribution in [2.45, 2.75) is 19.3 Å². The largest absolute Gasteiger partial charge is 0.392 e. The first-order chi connectivity index (χ1) is 10.1. The van der Waals surface area contributed by atoms with Crippen LogP contribution in [0.2, 0.25) is 0 Å². The molecule has 0 aromatic heterocycles. The molecule has 0 radical (unpaired) electrons. The highest BCUT2D eigenvalue weighted by Crippen LogP contribution is 2.20. The smallest absolute Gasteiger partial charge is 0.131 e. The Morgan fingerprint density at radius 1 is 1.00 bits per heavy atom. The van der Waals surface area contributed by atoms with Crippen LogP contribution < -0.4 is 5.32 Å². The fourth-order valence-electron chi connectivity index (χ4n) is 2.12. The highest BCUT2D eigenvalue weighted by atomic mass is 19.1. The highest BCUT2D eigenvalue weighted by molar-refractivity contribution is 5.24. The molecule has 0 aliphatic carbocycles. The Morgan fingerprint density at radius 2 is 1.62 bits per heavy atom. The van der Waals surface area contributed by atoms with Crippen LogP contribution in [0, 0.1) is 11.6 Å². The van der Waals surface area contributed by atoms with Gasteiger partial charge < -0.3 is 15.5 Å². The number of hydrogen-bond donors (Lipinski definition) is 3. The molecule has 0 aliphatic heterocycles. The van der Waals surface area contributed by atoms with Crippen molar-refractivity contribution >= 4 is 0 Å². The van der Waals surface area contributed by atoms with Gasteiger partial charge in [0, 0.05) is 13.1 Å². The summed E-state index contributed by atoms with van der Waals surface area (Å²) in [6.07, 6.45) is -1.26. The molecule has 0 bridgehead atoms. The zero-order valence-electron chi connectivity index (χ0n) is 11.4. The van der Waals surface area contributed by atoms with Gasteiger partial charge in [0.05, 0.1) is 18.3 Å². The summed E-state index contributed by atoms with van der Waals surface area (Å²) in [6, 6.07) is 10.8. The van der Waals surface area contributed by atoms with Gasteiger partial charge in [-0.15, -0.1) is 0 Å². The fourth-order valence-corrected chi connectivity index (χ4v) is 2.12. The van der Waals surface area contributed by atoms with E-state index in [-0.39, 0.29) is 18.7 Å². The van der Waals surface area contributed by atoms with E-state index in [9.17, 15) is 13.9 Å². The van der Waals surface area contributed by atoms with E-state index < -0.39 is 17.7 Å². The highest BCUT2D eigenvalue weighted by Gasteiger charge is 2.17. The molecular weight excluding hydrogens is 276 g/mol. The third kappa shape index (κ3) is 4.07. The van der Waals surface area contributed by atoms with Gasteiger partial charge in [-0.05, 0) is 23.3 Å². The minimum Gasteiger partial charge on any atom is -0.392 e. The van der Waals surface area contributed by atoms with E-state index in [1.165, 1.54) is 6.07 Å². The molecule has 112 valence electrons. The summed E-state index contributed by atoms with van der Waals surface area (Å²) >= 11 is 0. The van der Waals surface area contributed by atoms with Crippen LogP contribution in [0.1, 0.15) is 22.8 Å². The average molecular weight is 293 g/mol. The van der Waals surface area contributed by atoms with E-state index in [4.69, 9.17) is 5.11 Å². The molecular formula is C16H17F2NO2. The second-order valence-corrected chi connectivity index (χ2v) is 4.76. The summed E-state index contributed by atoms with van der Waals surface area (Å²) in [5.74, 6) is -1.52. The number of benzene rings is 2. The van der Waals surface area contributed by atoms with Crippen LogP contribution in [-0.4, -0.2) is 16.8 Å². The van der Waals surface area contributed by atoms with Gasteiger partial charge in [-0.2, -0.15) is 0 Å². The zero-order valence-corrected chi connectivity index (χ0v) is 11.4. The Balaban J connectivity index is 1.93. The minimum atomic E-state index is -1.26. The number of halogens is 2. The Morgan fingerprint density at radius 3 is 2.29 bits per heavy atom. The second kappa shape index (κ2) is 7.26. The summed E-state index contributed by atoms with van der Waals surface area (Å²) in [6.45, 7) is 0.416. The van der Waals surface area contributed by atoms with Crippen molar-refractivity contribution in [3.8, 4) is 0 Å². The van der Waals surface area contributed by atoms with Gasteiger partial charge in [0.25, 0.3) is 0 Å². The number of nitrogens with one attached hydrogen (secondary N) is 1. The second-order valence-electron chi connectivity index (χ2n) is 4.76. The van der Waals surface area contributed by atoms with Crippen LogP contribution in [0.3, 0.4) is 0 Å². The zero-order chi connectivity index (χ0) is 15.2. The maximum Gasteiger partial charge on any atom is 0.131 e. The van der Waals surface area contributed by atoms with Gasteiger partial charge in [-0.3, -0.25) is 0 Å². The molecule has 0 aliphatic rings. The summed E-state index contributed by atoms with van der Waals surface area (Å²) in [5.41, 5.74) is 1.38. The number of aliphatic hydroxyl groups excluding tert-OH is 2. The minimum absolute atomic E-state index is 0.0290. The lowest BCUT2D eigenvalue weighted by Gasteiger charge is -2.14. The maximum absolute atomic E-state index is 13.5. The monoisotopic (exact) mass is 293 g/mol. The van der Waals surface area contributed by atoms with Crippen LogP contribution >= 0.6 is 0 Å². The first-order valence-electron chi connectivity index (χ1n) is 6.63. The molecule has 0 saturated heterocycles. The molecule has 1 unspecified atom stereocenters. The first kappa shape index (κ1) is 15.6. The Bertz CT molecular complexity index is 584. The molecule has 2 aromatic rings. The standard InChI is InChI=1S/C16H17F2NO2/c17-13-5-2-6-14(18)16(13)15(21)9-19-8-11-3-1-4-12(7-11)10-20/h1-7,15,19-21H,8-10H2. The lowest BCUT2D eigenvalue weighted by molar-refractivity contribution is 0.164. The van der Waals surface area contributed by atoms with Crippen LogP contribution in [0.25, 0.3) is 0 Å². The molecule has 21 heavy (non-hydrogen) atoms. The number of aliphatic hydroxyl groups is 2. The number of rotatable bonds is 6. The van der Waals surface area contributed by atoms with Crippen molar-refractivity contribution in [2.24, 2.45) is 0 Å². The summed E-state index contributed by atoms with van der Waals surface area (Å²) in [4.78, 5) is 0. The molecule has 3 N–H and O–H groups in total. The van der Waals surface area contributed by atoms with Gasteiger partial charge in [-0.1, -0.05) is 30.3 Å². The molecule has 2 aromatic carbocycles. The molecule has 0 saturated carbocycles. The number of hydrogen-bond acceptors (Lipinski definition) is 3. The van der Waals surface area contributed by atoms with Gasteiger partial charge in [0.1, 0.15) is 11.6 Å². The van der Waals surface area contributed by atoms with Gasteiger partial charge >= 0.3 is 0 Å². The lowest BCUT2D eigenvalue weighted by atomic mass is 10.1. The molecule has 0 heterocycles. The third-order valence-electron chi connectivity index (χ3n) is 3.17. The van der Waals surface area contributed by atoms with Crippen molar-refractivity contribution in [3.05, 3.63) is 70.8 Å². The van der Waals surface area contributed by atoms with Crippen molar-refractivity contribution in [2.75, 3.05) is 6.54 Å². The van der Waals surface area contributed by atoms with Crippen LogP contribution in [0.4, 0.5) is 8.78 Å². The Hall–Kier alpha value is -1.82. The maximum atomic E-state index is 13.5. The van der Waals surface area contributed by atoms with Gasteiger partial charge in [0.2, 0.25) is 0 Å². The van der Waals surface area contributed by atoms with Crippen molar-refractivity contribution in [1.29, 1.82) is 0 Å². The summed E-state index contributed by atoms with van der Waals surface area (Å²) in [7, 11) is 0. The van der Waals surface area contributed by atoms with E-state index >= 15 is 0 Å². The molecule has 5 heteroatoms. The Labute approximate surface area is 121 Å². The molecule has 1 atom stereocenters. The molecule has 3 nitrogen and oxygen atoms in total. The topological polar surface area (TPSA) is 52.5 Å². The molecule has 0 fully saturated rings. The predicted molar refractivity (Wildman–Crippen MR) is 75.4 cm³/mol. The lowest BCUT2D eigenvalue weighted by Crippen LogP contribution is -2.22. The molecule has 0 amide bonds. The average Bonchev–Trinajstić information content (AvgIpc) is 2.47. The van der Waals surface area contributed by atoms with Gasteiger partial charge in [-0.25, -0.2) is 8.78 Å².